The van der Waals surface area contributed by atoms with Gasteiger partial charge in [0.2, 0.25) is 0 Å². The molecule has 0 aromatic heterocycles. The molecular weight excluding hydrogens is 606 g/mol. The first-order valence-electron chi connectivity index (χ1n) is 17.7. The lowest BCUT2D eigenvalue weighted by Gasteiger charge is -2.29. The van der Waals surface area contributed by atoms with Gasteiger partial charge in [-0.3, -0.25) is 0 Å². The van der Waals surface area contributed by atoms with Gasteiger partial charge >= 0.3 is 0 Å². The molecule has 4 heteroatoms. The molecule has 0 amide bonds. The maximum atomic E-state index is 6.75. The minimum atomic E-state index is -0.153. The van der Waals surface area contributed by atoms with E-state index in [9.17, 15) is 0 Å². The van der Waals surface area contributed by atoms with E-state index in [-0.39, 0.29) is 18.8 Å². The number of ether oxygens (including phenoxy) is 2. The molecule has 234 valence electrons. The fraction of sp³-hybridized carbons (Fsp3) is 0.0870. The Bertz CT molecular complexity index is 2440. The number of benzene rings is 7. The van der Waals surface area contributed by atoms with Crippen molar-refractivity contribution >= 4 is 46.2 Å². The van der Waals surface area contributed by atoms with Gasteiger partial charge in [0.1, 0.15) is 23.0 Å². The molecule has 4 aliphatic heterocycles. The zero-order valence-electron chi connectivity index (χ0n) is 28.3. The second-order valence-corrected chi connectivity index (χ2v) is 15.2. The minimum absolute atomic E-state index is 0.153. The standard InChI is InChI=1S/C46H32B2O2/c1-46(2,3)43-29(27-23-33-31-13-4-6-17-35(31)47-37-19-8-10-21-39(37)49-41(25-27)44(33)47)15-12-16-30(43)28-24-34-32-14-5-7-18-36(32)48-38-20-9-11-22-40(38)50-42(26-28)45(34)48/h4-26H,1-3H3. The molecule has 11 rings (SSSR count). The Kier molecular flexibility index (Phi) is 5.58. The van der Waals surface area contributed by atoms with Gasteiger partial charge in [0.25, 0.3) is 13.4 Å². The van der Waals surface area contributed by atoms with Crippen LogP contribution in [-0.2, 0) is 5.41 Å². The van der Waals surface area contributed by atoms with Crippen molar-refractivity contribution in [2.75, 3.05) is 0 Å². The van der Waals surface area contributed by atoms with Gasteiger partial charge in [0.15, 0.2) is 0 Å². The molecule has 4 heterocycles. The van der Waals surface area contributed by atoms with Crippen LogP contribution in [0.1, 0.15) is 26.3 Å². The first-order valence-corrected chi connectivity index (χ1v) is 17.7. The lowest BCUT2D eigenvalue weighted by Crippen LogP contribution is -2.51. The van der Waals surface area contributed by atoms with Crippen LogP contribution in [0.3, 0.4) is 0 Å². The van der Waals surface area contributed by atoms with Gasteiger partial charge < -0.3 is 9.47 Å². The van der Waals surface area contributed by atoms with Crippen LogP contribution in [0.15, 0.2) is 140 Å². The molecule has 0 N–H and O–H groups in total. The second-order valence-electron chi connectivity index (χ2n) is 15.2. The Balaban J connectivity index is 1.14. The summed E-state index contributed by atoms with van der Waals surface area (Å²) < 4.78 is 13.5. The molecule has 0 fully saturated rings. The molecule has 0 unspecified atom stereocenters. The molecule has 7 aromatic carbocycles. The van der Waals surface area contributed by atoms with E-state index in [1.54, 1.807) is 0 Å². The van der Waals surface area contributed by atoms with Crippen molar-refractivity contribution in [3.05, 3.63) is 145 Å². The third-order valence-electron chi connectivity index (χ3n) is 11.3. The summed E-state index contributed by atoms with van der Waals surface area (Å²) in [5, 5.41) is 0. The second kappa shape index (κ2) is 9.92. The Morgan fingerprint density at radius 3 is 1.24 bits per heavy atom. The summed E-state index contributed by atoms with van der Waals surface area (Å²) in [4.78, 5) is 0. The van der Waals surface area contributed by atoms with E-state index in [1.165, 1.54) is 82.8 Å². The molecule has 0 atom stereocenters. The van der Waals surface area contributed by atoms with Gasteiger partial charge in [-0.1, -0.05) is 135 Å². The fourth-order valence-corrected chi connectivity index (χ4v) is 9.42. The van der Waals surface area contributed by atoms with Crippen molar-refractivity contribution in [3.63, 3.8) is 0 Å². The van der Waals surface area contributed by atoms with Gasteiger partial charge in [-0.05, 0) is 114 Å². The fourth-order valence-electron chi connectivity index (χ4n) is 9.42. The Morgan fingerprint density at radius 1 is 0.380 bits per heavy atom. The highest BCUT2D eigenvalue weighted by Crippen LogP contribution is 2.46. The molecule has 0 aliphatic carbocycles. The molecule has 4 aliphatic rings. The summed E-state index contributed by atoms with van der Waals surface area (Å²) >= 11 is 0. The number of rotatable bonds is 2. The van der Waals surface area contributed by atoms with Gasteiger partial charge in [-0.2, -0.15) is 0 Å². The summed E-state index contributed by atoms with van der Waals surface area (Å²) in [5.41, 5.74) is 18.9. The van der Waals surface area contributed by atoms with Crippen LogP contribution in [0.2, 0.25) is 0 Å². The lowest BCUT2D eigenvalue weighted by atomic mass is 9.38. The summed E-state index contributed by atoms with van der Waals surface area (Å²) in [6.45, 7) is 7.37. The molecule has 0 saturated carbocycles. The van der Waals surface area contributed by atoms with Crippen molar-refractivity contribution in [2.24, 2.45) is 0 Å². The van der Waals surface area contributed by atoms with E-state index in [2.05, 4.69) is 160 Å². The highest BCUT2D eigenvalue weighted by molar-refractivity contribution is 7.01. The van der Waals surface area contributed by atoms with Crippen molar-refractivity contribution in [3.8, 4) is 67.5 Å². The molecule has 0 radical (unpaired) electrons. The van der Waals surface area contributed by atoms with Crippen LogP contribution >= 0.6 is 0 Å². The third-order valence-corrected chi connectivity index (χ3v) is 11.3. The topological polar surface area (TPSA) is 18.5 Å². The van der Waals surface area contributed by atoms with E-state index in [1.807, 2.05) is 0 Å². The minimum Gasteiger partial charge on any atom is -0.458 e. The van der Waals surface area contributed by atoms with E-state index < -0.39 is 0 Å². The zero-order valence-corrected chi connectivity index (χ0v) is 28.3. The smallest absolute Gasteiger partial charge is 0.252 e. The van der Waals surface area contributed by atoms with Crippen molar-refractivity contribution in [2.45, 2.75) is 26.2 Å². The number of fused-ring (bicyclic) bond motifs is 10. The first-order chi connectivity index (χ1) is 24.4. The summed E-state index contributed by atoms with van der Waals surface area (Å²) in [6, 6.07) is 51.0. The van der Waals surface area contributed by atoms with Crippen LogP contribution in [0.4, 0.5) is 0 Å². The van der Waals surface area contributed by atoms with Crippen LogP contribution in [0.25, 0.3) is 44.5 Å². The van der Waals surface area contributed by atoms with Gasteiger partial charge in [-0.25, -0.2) is 0 Å². The molecule has 0 bridgehead atoms. The third kappa shape index (κ3) is 3.77. The number of para-hydroxylation sites is 2. The lowest BCUT2D eigenvalue weighted by molar-refractivity contribution is 0.488. The normalized spacial score (nSPS) is 13.7. The van der Waals surface area contributed by atoms with Crippen LogP contribution < -0.4 is 42.3 Å². The maximum absolute atomic E-state index is 6.75. The van der Waals surface area contributed by atoms with E-state index in [0.29, 0.717) is 0 Å². The SMILES string of the molecule is CC(C)(C)c1c(-c2cc3c4c(c2)-c2ccccc2B4c2ccccc2O3)cccc1-c1cc2c3c(c1)-c1ccccc1B3c1ccccc1O2. The highest BCUT2D eigenvalue weighted by Gasteiger charge is 2.43. The van der Waals surface area contributed by atoms with Gasteiger partial charge in [0, 0.05) is 0 Å². The molecular formula is C46H32B2O2. The average Bonchev–Trinajstić information content (AvgIpc) is 3.66. The van der Waals surface area contributed by atoms with Crippen molar-refractivity contribution in [1.82, 2.24) is 0 Å². The quantitative estimate of drug-likeness (QED) is 0.183. The van der Waals surface area contributed by atoms with E-state index in [4.69, 9.17) is 9.47 Å². The first kappa shape index (κ1) is 28.1. The largest absolute Gasteiger partial charge is 0.458 e. The van der Waals surface area contributed by atoms with Crippen LogP contribution in [-0.4, -0.2) is 13.4 Å². The van der Waals surface area contributed by atoms with E-state index in [0.717, 1.165) is 23.0 Å². The summed E-state index contributed by atoms with van der Waals surface area (Å²) in [5.74, 6) is 3.81. The monoisotopic (exact) mass is 638 g/mol. The van der Waals surface area contributed by atoms with Crippen LogP contribution in [0, 0.1) is 0 Å². The van der Waals surface area contributed by atoms with Gasteiger partial charge in [0.05, 0.1) is 0 Å². The molecule has 50 heavy (non-hydrogen) atoms. The average molecular weight is 638 g/mol. The Labute approximate surface area is 293 Å². The Morgan fingerprint density at radius 2 is 0.780 bits per heavy atom. The van der Waals surface area contributed by atoms with Crippen molar-refractivity contribution in [1.29, 1.82) is 0 Å². The number of hydrogen-bond donors (Lipinski definition) is 0. The summed E-state index contributed by atoms with van der Waals surface area (Å²) in [7, 11) is 0. The number of hydrogen-bond acceptors (Lipinski definition) is 2. The highest BCUT2D eigenvalue weighted by atomic mass is 16.5. The van der Waals surface area contributed by atoms with Crippen LogP contribution in [0.5, 0.6) is 23.0 Å². The Hall–Kier alpha value is -5.73. The molecule has 0 saturated heterocycles. The maximum Gasteiger partial charge on any atom is 0.252 e. The predicted molar refractivity (Wildman–Crippen MR) is 209 cm³/mol. The zero-order chi connectivity index (χ0) is 33.3. The van der Waals surface area contributed by atoms with E-state index >= 15 is 0 Å². The van der Waals surface area contributed by atoms with Crippen molar-refractivity contribution < 1.29 is 9.47 Å². The predicted octanol–water partition coefficient (Wildman–Crippen LogP) is 7.52. The van der Waals surface area contributed by atoms with Gasteiger partial charge in [-0.15, -0.1) is 0 Å². The molecule has 2 nitrogen and oxygen atoms in total. The molecule has 7 aromatic rings. The molecule has 0 spiro atoms. The summed E-state index contributed by atoms with van der Waals surface area (Å²) in [6.07, 6.45) is 0.